The third kappa shape index (κ3) is 2.66. The number of nitrogens with zero attached hydrogens (tertiary/aromatic N) is 3. The third-order valence-electron chi connectivity index (χ3n) is 7.87. The van der Waals surface area contributed by atoms with Crippen LogP contribution < -0.4 is 5.32 Å². The largest absolute Gasteiger partial charge is 0.335 e. The van der Waals surface area contributed by atoms with E-state index < -0.39 is 0 Å². The molecule has 1 aromatic heterocycles. The molecule has 4 rings (SSSR count). The number of hydrogen-bond acceptors (Lipinski definition) is 2. The fourth-order valence-corrected chi connectivity index (χ4v) is 5.56. The second-order valence-corrected chi connectivity index (χ2v) is 9.23. The molecule has 0 aliphatic heterocycles. The van der Waals surface area contributed by atoms with E-state index in [-0.39, 0.29) is 17.5 Å². The van der Waals surface area contributed by atoms with Crippen molar-refractivity contribution >= 4 is 17.1 Å². The number of carbonyl (C=O) groups is 1. The number of imidazole rings is 1. The van der Waals surface area contributed by atoms with Gasteiger partial charge >= 0.3 is 6.03 Å². The second-order valence-electron chi connectivity index (χ2n) is 9.23. The maximum absolute atomic E-state index is 12.9. The van der Waals surface area contributed by atoms with E-state index in [0.717, 1.165) is 35.7 Å². The predicted octanol–water partition coefficient (Wildman–Crippen LogP) is 4.41. The quantitative estimate of drug-likeness (QED) is 0.869. The smallest absolute Gasteiger partial charge is 0.317 e. The summed E-state index contributed by atoms with van der Waals surface area (Å²) in [7, 11) is 1.87. The van der Waals surface area contributed by atoms with Crippen molar-refractivity contribution < 1.29 is 4.79 Å². The van der Waals surface area contributed by atoms with Gasteiger partial charge in [0.1, 0.15) is 5.82 Å². The van der Waals surface area contributed by atoms with E-state index in [9.17, 15) is 4.79 Å². The standard InChI is InChI=1S/C22H32N4O/c1-6-26-17-10-8-7-9-16(17)23-19(26)14-25(5)20(27)24-18-13-15-11-12-22(18,4)21(15,2)3/h7-10,15,18H,6,11-14H2,1-5H3,(H,24,27)/t15-,18-,22-/m1/s1. The first kappa shape index (κ1) is 18.3. The van der Waals surface area contributed by atoms with Crippen molar-refractivity contribution in [3.05, 3.63) is 30.1 Å². The highest BCUT2D eigenvalue weighted by Crippen LogP contribution is 2.65. The molecule has 1 N–H and O–H groups in total. The average Bonchev–Trinajstić information content (AvgIpc) is 3.16. The molecule has 2 aliphatic rings. The topological polar surface area (TPSA) is 50.2 Å². The third-order valence-corrected chi connectivity index (χ3v) is 7.87. The van der Waals surface area contributed by atoms with Gasteiger partial charge in [0.15, 0.2) is 0 Å². The molecular formula is C22H32N4O. The number of carbonyl (C=O) groups excluding carboxylic acids is 1. The molecule has 146 valence electrons. The van der Waals surface area contributed by atoms with Crippen LogP contribution in [0.15, 0.2) is 24.3 Å². The van der Waals surface area contributed by atoms with Crippen LogP contribution >= 0.6 is 0 Å². The van der Waals surface area contributed by atoms with Crippen LogP contribution in [0, 0.1) is 16.7 Å². The monoisotopic (exact) mass is 368 g/mol. The van der Waals surface area contributed by atoms with Crippen molar-refractivity contribution in [2.24, 2.45) is 16.7 Å². The maximum atomic E-state index is 12.9. The number of fused-ring (bicyclic) bond motifs is 3. The SMILES string of the molecule is CCn1c(CN(C)C(=O)N[C@@H]2C[C@H]3CC[C@@]2(C)C3(C)C)nc2ccccc21. The van der Waals surface area contributed by atoms with Gasteiger partial charge in [-0.2, -0.15) is 0 Å². The molecule has 0 spiro atoms. The Balaban J connectivity index is 1.48. The Morgan fingerprint density at radius 3 is 2.70 bits per heavy atom. The minimum absolute atomic E-state index is 0.0132. The molecule has 2 aromatic rings. The number of rotatable bonds is 4. The van der Waals surface area contributed by atoms with Crippen LogP contribution in [0.25, 0.3) is 11.0 Å². The first-order chi connectivity index (χ1) is 12.8. The van der Waals surface area contributed by atoms with Crippen LogP contribution in [0.5, 0.6) is 0 Å². The summed E-state index contributed by atoms with van der Waals surface area (Å²) in [5, 5.41) is 3.35. The van der Waals surface area contributed by atoms with Crippen LogP contribution in [-0.4, -0.2) is 33.6 Å². The van der Waals surface area contributed by atoms with Gasteiger partial charge in [0.25, 0.3) is 0 Å². The van der Waals surface area contributed by atoms with Crippen molar-refractivity contribution in [1.82, 2.24) is 19.8 Å². The number of hydrogen-bond donors (Lipinski definition) is 1. The highest BCUT2D eigenvalue weighted by atomic mass is 16.2. The molecule has 3 atom stereocenters. The maximum Gasteiger partial charge on any atom is 0.317 e. The first-order valence-corrected chi connectivity index (χ1v) is 10.2. The Kier molecular flexibility index (Phi) is 4.24. The van der Waals surface area contributed by atoms with Gasteiger partial charge in [-0.25, -0.2) is 9.78 Å². The summed E-state index contributed by atoms with van der Waals surface area (Å²) < 4.78 is 2.20. The Hall–Kier alpha value is -2.04. The molecule has 0 unspecified atom stereocenters. The van der Waals surface area contributed by atoms with Crippen molar-refractivity contribution in [2.45, 2.75) is 66.1 Å². The zero-order chi connectivity index (χ0) is 19.4. The van der Waals surface area contributed by atoms with E-state index in [4.69, 9.17) is 4.98 Å². The number of benzene rings is 1. The van der Waals surface area contributed by atoms with E-state index in [0.29, 0.717) is 12.0 Å². The number of aryl methyl sites for hydroxylation is 1. The summed E-state index contributed by atoms with van der Waals surface area (Å²) >= 11 is 0. The van der Waals surface area contributed by atoms with E-state index in [1.54, 1.807) is 4.90 Å². The van der Waals surface area contributed by atoms with Crippen molar-refractivity contribution in [3.8, 4) is 0 Å². The molecule has 5 nitrogen and oxygen atoms in total. The van der Waals surface area contributed by atoms with Gasteiger partial charge in [-0.3, -0.25) is 0 Å². The highest BCUT2D eigenvalue weighted by Gasteiger charge is 2.61. The number of para-hydroxylation sites is 2. The van der Waals surface area contributed by atoms with Gasteiger partial charge in [0, 0.05) is 19.6 Å². The predicted molar refractivity (Wildman–Crippen MR) is 108 cm³/mol. The molecule has 2 saturated carbocycles. The minimum atomic E-state index is 0.0132. The normalized spacial score (nSPS) is 28.6. The lowest BCUT2D eigenvalue weighted by atomic mass is 9.69. The molecule has 1 aromatic carbocycles. The Labute approximate surface area is 162 Å². The lowest BCUT2D eigenvalue weighted by molar-refractivity contribution is 0.118. The Bertz CT molecular complexity index is 870. The van der Waals surface area contributed by atoms with Crippen LogP contribution in [0.1, 0.15) is 52.8 Å². The van der Waals surface area contributed by atoms with E-state index in [1.807, 2.05) is 25.2 Å². The van der Waals surface area contributed by atoms with Gasteiger partial charge in [0.2, 0.25) is 0 Å². The number of nitrogens with one attached hydrogen (secondary N) is 1. The molecule has 2 bridgehead atoms. The van der Waals surface area contributed by atoms with Crippen LogP contribution in [-0.2, 0) is 13.1 Å². The summed E-state index contributed by atoms with van der Waals surface area (Å²) in [6, 6.07) is 8.45. The number of aromatic nitrogens is 2. The summed E-state index contributed by atoms with van der Waals surface area (Å²) in [6.07, 6.45) is 3.62. The molecule has 2 amide bonds. The molecule has 5 heteroatoms. The second kappa shape index (κ2) is 6.25. The van der Waals surface area contributed by atoms with Crippen LogP contribution in [0.3, 0.4) is 0 Å². The van der Waals surface area contributed by atoms with Gasteiger partial charge in [-0.15, -0.1) is 0 Å². The molecule has 0 radical (unpaired) electrons. The Morgan fingerprint density at radius 2 is 2.07 bits per heavy atom. The summed E-state index contributed by atoms with van der Waals surface area (Å²) in [5.41, 5.74) is 2.63. The van der Waals surface area contributed by atoms with Gasteiger partial charge < -0.3 is 14.8 Å². The summed E-state index contributed by atoms with van der Waals surface area (Å²) in [6.45, 7) is 10.6. The van der Waals surface area contributed by atoms with Crippen molar-refractivity contribution in [2.75, 3.05) is 7.05 Å². The fourth-order valence-electron chi connectivity index (χ4n) is 5.56. The van der Waals surface area contributed by atoms with Gasteiger partial charge in [0.05, 0.1) is 17.6 Å². The minimum Gasteiger partial charge on any atom is -0.335 e. The fraction of sp³-hybridized carbons (Fsp3) is 0.636. The molecule has 0 saturated heterocycles. The summed E-state index contributed by atoms with van der Waals surface area (Å²) in [5.74, 6) is 1.67. The summed E-state index contributed by atoms with van der Waals surface area (Å²) in [4.78, 5) is 19.5. The molecule has 27 heavy (non-hydrogen) atoms. The lowest BCUT2D eigenvalue weighted by Gasteiger charge is -2.40. The highest BCUT2D eigenvalue weighted by molar-refractivity contribution is 5.77. The Morgan fingerprint density at radius 1 is 1.33 bits per heavy atom. The zero-order valence-electron chi connectivity index (χ0n) is 17.2. The van der Waals surface area contributed by atoms with Crippen molar-refractivity contribution in [1.29, 1.82) is 0 Å². The molecule has 1 heterocycles. The van der Waals surface area contributed by atoms with Gasteiger partial charge in [-0.05, 0) is 55.1 Å². The average molecular weight is 369 g/mol. The van der Waals surface area contributed by atoms with Crippen molar-refractivity contribution in [3.63, 3.8) is 0 Å². The molecular weight excluding hydrogens is 336 g/mol. The molecule has 2 fully saturated rings. The van der Waals surface area contributed by atoms with E-state index >= 15 is 0 Å². The number of urea groups is 1. The first-order valence-electron chi connectivity index (χ1n) is 10.2. The zero-order valence-corrected chi connectivity index (χ0v) is 17.2. The van der Waals surface area contributed by atoms with E-state index in [1.165, 1.54) is 12.8 Å². The van der Waals surface area contributed by atoms with E-state index in [2.05, 4.69) is 43.6 Å². The van der Waals surface area contributed by atoms with Gasteiger partial charge in [-0.1, -0.05) is 32.9 Å². The van der Waals surface area contributed by atoms with Crippen LogP contribution in [0.2, 0.25) is 0 Å². The lowest BCUT2D eigenvalue weighted by Crippen LogP contribution is -2.50. The number of amides is 2. The molecule has 2 aliphatic carbocycles. The van der Waals surface area contributed by atoms with Crippen LogP contribution in [0.4, 0.5) is 4.79 Å².